The van der Waals surface area contributed by atoms with Crippen LogP contribution in [0.5, 0.6) is 11.5 Å². The van der Waals surface area contributed by atoms with Crippen LogP contribution in [0.4, 0.5) is 5.13 Å². The van der Waals surface area contributed by atoms with Gasteiger partial charge in [0.25, 0.3) is 0 Å². The molecule has 1 fully saturated rings. The summed E-state index contributed by atoms with van der Waals surface area (Å²) in [6, 6.07) is 12.7. The van der Waals surface area contributed by atoms with Gasteiger partial charge < -0.3 is 9.47 Å². The molecule has 0 saturated carbocycles. The normalized spacial score (nSPS) is 16.3. The summed E-state index contributed by atoms with van der Waals surface area (Å²) in [5.74, 6) is 1.59. The molecule has 2 aromatic carbocycles. The molecule has 4 rings (SSSR count). The van der Waals surface area contributed by atoms with Gasteiger partial charge in [0.15, 0.2) is 5.01 Å². The predicted molar refractivity (Wildman–Crippen MR) is 116 cm³/mol. The number of anilines is 1. The fourth-order valence-corrected chi connectivity index (χ4v) is 5.37. The molecule has 0 spiro atoms. The molecule has 1 unspecified atom stereocenters. The Hall–Kier alpha value is -2.00. The number of para-hydroxylation sites is 1. The van der Waals surface area contributed by atoms with Crippen molar-refractivity contribution >= 4 is 57.3 Å². The van der Waals surface area contributed by atoms with Gasteiger partial charge >= 0.3 is 0 Å². The Labute approximate surface area is 185 Å². The summed E-state index contributed by atoms with van der Waals surface area (Å²) in [5, 5.41) is 10.3. The quantitative estimate of drug-likeness (QED) is 0.495. The zero-order chi connectivity index (χ0) is 20.4. The number of carbonyl (C=O) groups excluding carboxylic acids is 1. The van der Waals surface area contributed by atoms with Crippen molar-refractivity contribution in [1.29, 1.82) is 0 Å². The molecule has 1 atom stereocenters. The Bertz CT molecular complexity index is 1050. The van der Waals surface area contributed by atoms with Crippen LogP contribution in [0.1, 0.15) is 15.9 Å². The van der Waals surface area contributed by atoms with E-state index in [1.165, 1.54) is 23.1 Å². The molecule has 1 aliphatic heterocycles. The second kappa shape index (κ2) is 8.79. The van der Waals surface area contributed by atoms with E-state index in [0.29, 0.717) is 31.7 Å². The van der Waals surface area contributed by atoms with E-state index in [4.69, 9.17) is 32.7 Å². The summed E-state index contributed by atoms with van der Waals surface area (Å²) in [6.07, 6.45) is 0. The van der Waals surface area contributed by atoms with E-state index >= 15 is 0 Å². The Morgan fingerprint density at radius 2 is 2.00 bits per heavy atom. The molecule has 2 heterocycles. The maximum atomic E-state index is 12.6. The van der Waals surface area contributed by atoms with E-state index in [1.807, 2.05) is 24.3 Å². The van der Waals surface area contributed by atoms with Crippen molar-refractivity contribution in [3.05, 3.63) is 63.1 Å². The lowest BCUT2D eigenvalue weighted by atomic mass is 10.2. The largest absolute Gasteiger partial charge is 0.496 e. The van der Waals surface area contributed by atoms with Crippen LogP contribution in [-0.4, -0.2) is 29.0 Å². The smallest absolute Gasteiger partial charge is 0.240 e. The van der Waals surface area contributed by atoms with Crippen LogP contribution in [0.15, 0.2) is 42.5 Å². The van der Waals surface area contributed by atoms with Gasteiger partial charge in [-0.25, -0.2) is 0 Å². The van der Waals surface area contributed by atoms with Crippen LogP contribution < -0.4 is 14.4 Å². The molecular formula is C19H15Cl2N3O3S2. The minimum absolute atomic E-state index is 0.0183. The van der Waals surface area contributed by atoms with Crippen molar-refractivity contribution in [3.8, 4) is 11.5 Å². The number of amides is 1. The zero-order valence-corrected chi connectivity index (χ0v) is 18.3. The van der Waals surface area contributed by atoms with E-state index in [1.54, 1.807) is 30.2 Å². The van der Waals surface area contributed by atoms with Crippen LogP contribution in [0.25, 0.3) is 0 Å². The molecule has 150 valence electrons. The molecule has 0 aliphatic carbocycles. The highest BCUT2D eigenvalue weighted by Gasteiger charge is 2.37. The number of methoxy groups -OCH3 is 1. The summed E-state index contributed by atoms with van der Waals surface area (Å²) in [7, 11) is 1.62. The van der Waals surface area contributed by atoms with Gasteiger partial charge in [-0.15, -0.1) is 22.0 Å². The number of nitrogens with zero attached hydrogens (tertiary/aromatic N) is 3. The number of halogens is 2. The Kier molecular flexibility index (Phi) is 6.15. The molecule has 0 N–H and O–H groups in total. The first-order valence-corrected chi connectivity index (χ1v) is 11.2. The summed E-state index contributed by atoms with van der Waals surface area (Å²) in [5.41, 5.74) is 0.923. The van der Waals surface area contributed by atoms with Crippen LogP contribution in [0.3, 0.4) is 0 Å². The van der Waals surface area contributed by atoms with Crippen LogP contribution in [-0.2, 0) is 11.4 Å². The lowest BCUT2D eigenvalue weighted by molar-refractivity contribution is -0.115. The first-order valence-electron chi connectivity index (χ1n) is 8.53. The molecule has 3 aromatic rings. The lowest BCUT2D eigenvalue weighted by Crippen LogP contribution is -2.27. The van der Waals surface area contributed by atoms with E-state index < -0.39 is 0 Å². The van der Waals surface area contributed by atoms with Gasteiger partial charge in [-0.3, -0.25) is 9.69 Å². The van der Waals surface area contributed by atoms with Gasteiger partial charge in [0.1, 0.15) is 23.5 Å². The van der Waals surface area contributed by atoms with E-state index in [2.05, 4.69) is 10.2 Å². The molecule has 0 bridgehead atoms. The number of rotatable bonds is 6. The fourth-order valence-electron chi connectivity index (χ4n) is 2.86. The monoisotopic (exact) mass is 467 g/mol. The van der Waals surface area contributed by atoms with Crippen molar-refractivity contribution in [3.63, 3.8) is 0 Å². The molecular weight excluding hydrogens is 453 g/mol. The standard InChI is InChI=1S/C19H15Cl2N3O3S2/c1-26-14-5-3-2-4-12(14)18-24(17(25)10-28-18)19-23-22-16(29-19)9-27-15-7-6-11(20)8-13(15)21/h2-8,18H,9-10H2,1H3. The number of carbonyl (C=O) groups is 1. The molecule has 1 aliphatic rings. The third-order valence-corrected chi connectivity index (χ3v) is 6.80. The average Bonchev–Trinajstić information content (AvgIpc) is 3.33. The maximum Gasteiger partial charge on any atom is 0.240 e. The molecule has 1 amide bonds. The first kappa shape index (κ1) is 20.3. The highest BCUT2D eigenvalue weighted by molar-refractivity contribution is 8.00. The third-order valence-electron chi connectivity index (χ3n) is 4.18. The molecule has 6 nitrogen and oxygen atoms in total. The molecule has 29 heavy (non-hydrogen) atoms. The highest BCUT2D eigenvalue weighted by Crippen LogP contribution is 2.45. The average molecular weight is 468 g/mol. The van der Waals surface area contributed by atoms with Crippen molar-refractivity contribution in [2.75, 3.05) is 17.8 Å². The van der Waals surface area contributed by atoms with Gasteiger partial charge in [-0.2, -0.15) is 0 Å². The van der Waals surface area contributed by atoms with Gasteiger partial charge in [-0.1, -0.05) is 52.7 Å². The van der Waals surface area contributed by atoms with Gasteiger partial charge in [0.05, 0.1) is 17.9 Å². The molecule has 10 heteroatoms. The van der Waals surface area contributed by atoms with Gasteiger partial charge in [0, 0.05) is 10.6 Å². The van der Waals surface area contributed by atoms with E-state index in [9.17, 15) is 4.79 Å². The lowest BCUT2D eigenvalue weighted by Gasteiger charge is -2.22. The Morgan fingerprint density at radius 1 is 1.17 bits per heavy atom. The Morgan fingerprint density at radius 3 is 2.79 bits per heavy atom. The molecule has 1 aromatic heterocycles. The summed E-state index contributed by atoms with van der Waals surface area (Å²) >= 11 is 14.9. The first-order chi connectivity index (χ1) is 14.1. The number of hydrogen-bond acceptors (Lipinski definition) is 7. The topological polar surface area (TPSA) is 64.5 Å². The van der Waals surface area contributed by atoms with Crippen LogP contribution in [0.2, 0.25) is 10.0 Å². The van der Waals surface area contributed by atoms with Crippen LogP contribution in [0, 0.1) is 0 Å². The van der Waals surface area contributed by atoms with E-state index in [-0.39, 0.29) is 17.9 Å². The number of hydrogen-bond donors (Lipinski definition) is 0. The third kappa shape index (κ3) is 4.30. The van der Waals surface area contributed by atoms with Crippen molar-refractivity contribution in [1.82, 2.24) is 10.2 Å². The highest BCUT2D eigenvalue weighted by atomic mass is 35.5. The van der Waals surface area contributed by atoms with E-state index in [0.717, 1.165) is 11.3 Å². The van der Waals surface area contributed by atoms with Crippen molar-refractivity contribution in [2.45, 2.75) is 12.0 Å². The second-order valence-electron chi connectivity index (χ2n) is 6.01. The van der Waals surface area contributed by atoms with Gasteiger partial charge in [-0.05, 0) is 24.3 Å². The van der Waals surface area contributed by atoms with Crippen molar-refractivity contribution < 1.29 is 14.3 Å². The minimum Gasteiger partial charge on any atom is -0.496 e. The number of aromatic nitrogens is 2. The summed E-state index contributed by atoms with van der Waals surface area (Å²) in [4.78, 5) is 14.2. The van der Waals surface area contributed by atoms with Crippen LogP contribution >= 0.6 is 46.3 Å². The van der Waals surface area contributed by atoms with Gasteiger partial charge in [0.2, 0.25) is 11.0 Å². The molecule has 1 saturated heterocycles. The fraction of sp³-hybridized carbons (Fsp3) is 0.211. The molecule has 0 radical (unpaired) electrons. The zero-order valence-electron chi connectivity index (χ0n) is 15.2. The number of thioether (sulfide) groups is 1. The number of ether oxygens (including phenoxy) is 2. The predicted octanol–water partition coefficient (Wildman–Crippen LogP) is 5.21. The summed E-state index contributed by atoms with van der Waals surface area (Å²) < 4.78 is 11.2. The SMILES string of the molecule is COc1ccccc1C1SCC(=O)N1c1nnc(COc2ccc(Cl)cc2Cl)s1. The number of benzene rings is 2. The minimum atomic E-state index is -0.217. The Balaban J connectivity index is 1.53. The van der Waals surface area contributed by atoms with Crippen molar-refractivity contribution in [2.24, 2.45) is 0 Å². The second-order valence-corrected chi connectivity index (χ2v) is 8.96. The summed E-state index contributed by atoms with van der Waals surface area (Å²) in [6.45, 7) is 0.188. The maximum absolute atomic E-state index is 12.6.